The fraction of sp³-hybridized carbons (Fsp3) is 0.270. The molecule has 0 heterocycles. The second-order valence-corrected chi connectivity index (χ2v) is 10.6. The monoisotopic (exact) mass is 592 g/mol. The third-order valence-electron chi connectivity index (χ3n) is 7.26. The van der Waals surface area contributed by atoms with Crippen molar-refractivity contribution in [3.8, 4) is 5.75 Å². The number of hydrogen-bond donors (Lipinski definition) is 1. The van der Waals surface area contributed by atoms with E-state index in [2.05, 4.69) is 5.32 Å². The van der Waals surface area contributed by atoms with E-state index in [1.807, 2.05) is 90.7 Å². The lowest BCUT2D eigenvalue weighted by molar-refractivity contribution is -0.141. The van der Waals surface area contributed by atoms with Gasteiger partial charge in [0.05, 0.1) is 13.7 Å². The van der Waals surface area contributed by atoms with Crippen LogP contribution in [0.15, 0.2) is 109 Å². The second-order valence-electron chi connectivity index (χ2n) is 10.6. The second kappa shape index (κ2) is 16.7. The quantitative estimate of drug-likeness (QED) is 0.0884. The average molecular weight is 593 g/mol. The van der Waals surface area contributed by atoms with E-state index in [4.69, 9.17) is 9.47 Å². The molecule has 4 aromatic carbocycles. The number of para-hydroxylation sites is 1. The fourth-order valence-electron chi connectivity index (χ4n) is 4.95. The molecule has 0 fully saturated rings. The van der Waals surface area contributed by atoms with Gasteiger partial charge in [0.15, 0.2) is 5.78 Å². The van der Waals surface area contributed by atoms with Crippen molar-refractivity contribution >= 4 is 23.3 Å². The molecule has 0 saturated heterocycles. The van der Waals surface area contributed by atoms with E-state index in [0.29, 0.717) is 61.5 Å². The van der Waals surface area contributed by atoms with Gasteiger partial charge in [-0.05, 0) is 48.2 Å². The van der Waals surface area contributed by atoms with Gasteiger partial charge in [0.1, 0.15) is 11.8 Å². The van der Waals surface area contributed by atoms with Crippen molar-refractivity contribution in [1.29, 1.82) is 0 Å². The molecule has 0 radical (unpaired) electrons. The van der Waals surface area contributed by atoms with Crippen molar-refractivity contribution in [2.75, 3.05) is 25.6 Å². The van der Waals surface area contributed by atoms with Crippen LogP contribution in [0.2, 0.25) is 0 Å². The Bertz CT molecular complexity index is 1490. The molecule has 0 unspecified atom stereocenters. The van der Waals surface area contributed by atoms with Gasteiger partial charge in [0, 0.05) is 42.7 Å². The third kappa shape index (κ3) is 9.30. The van der Waals surface area contributed by atoms with E-state index in [1.54, 1.807) is 30.3 Å². The molecule has 4 aromatic rings. The normalized spacial score (nSPS) is 11.3. The topological polar surface area (TPSA) is 84.9 Å². The Balaban J connectivity index is 1.34. The van der Waals surface area contributed by atoms with E-state index in [9.17, 15) is 14.4 Å². The van der Waals surface area contributed by atoms with Crippen LogP contribution in [0.25, 0.3) is 0 Å². The van der Waals surface area contributed by atoms with Crippen LogP contribution in [-0.2, 0) is 27.3 Å². The predicted molar refractivity (Wildman–Crippen MR) is 173 cm³/mol. The average Bonchev–Trinajstić information content (AvgIpc) is 3.07. The Morgan fingerprint density at radius 1 is 0.795 bits per heavy atom. The Morgan fingerprint density at radius 3 is 2.14 bits per heavy atom. The minimum atomic E-state index is -0.701. The molecule has 44 heavy (non-hydrogen) atoms. The molecule has 1 N–H and O–H groups in total. The van der Waals surface area contributed by atoms with E-state index in [0.717, 1.165) is 17.5 Å². The van der Waals surface area contributed by atoms with Gasteiger partial charge in [0.2, 0.25) is 5.91 Å². The first-order valence-electron chi connectivity index (χ1n) is 15.0. The smallest absolute Gasteiger partial charge is 0.328 e. The van der Waals surface area contributed by atoms with Crippen LogP contribution in [0.5, 0.6) is 5.75 Å². The standard InChI is InChI=1S/C37H40N2O5/c1-3-13-35(40)39(27-29-14-6-4-7-15-29)24-12-25-44-31-22-20-28(21-23-31)26-34(37(42)43-2)38-33-19-11-10-18-32(33)36(41)30-16-8-5-9-17-30/h4-11,14-23,34,38H,3,12-13,24-27H2,1-2H3/t34-/m0/s1. The van der Waals surface area contributed by atoms with Crippen molar-refractivity contribution in [3.05, 3.63) is 131 Å². The summed E-state index contributed by atoms with van der Waals surface area (Å²) in [4.78, 5) is 40.5. The number of nitrogens with one attached hydrogen (secondary N) is 1. The van der Waals surface area contributed by atoms with Crippen molar-refractivity contribution in [3.63, 3.8) is 0 Å². The van der Waals surface area contributed by atoms with Gasteiger partial charge in [0.25, 0.3) is 0 Å². The number of methoxy groups -OCH3 is 1. The molecule has 0 spiro atoms. The highest BCUT2D eigenvalue weighted by molar-refractivity contribution is 6.12. The van der Waals surface area contributed by atoms with Crippen LogP contribution in [0.3, 0.4) is 0 Å². The van der Waals surface area contributed by atoms with Crippen LogP contribution < -0.4 is 10.1 Å². The molecule has 0 saturated carbocycles. The first-order valence-corrected chi connectivity index (χ1v) is 15.0. The van der Waals surface area contributed by atoms with Crippen LogP contribution in [-0.4, -0.2) is 48.9 Å². The van der Waals surface area contributed by atoms with Crippen molar-refractivity contribution in [2.24, 2.45) is 0 Å². The summed E-state index contributed by atoms with van der Waals surface area (Å²) in [6.07, 6.45) is 2.41. The number of ether oxygens (including phenoxy) is 2. The first-order chi connectivity index (χ1) is 21.5. The SMILES string of the molecule is CCCC(=O)N(CCCOc1ccc(C[C@H](Nc2ccccc2C(=O)c2ccccc2)C(=O)OC)cc1)Cc1ccccc1. The number of nitrogens with zero attached hydrogens (tertiary/aromatic N) is 1. The number of esters is 1. The summed E-state index contributed by atoms with van der Waals surface area (Å²) < 4.78 is 11.1. The lowest BCUT2D eigenvalue weighted by Crippen LogP contribution is -2.33. The maximum atomic E-state index is 13.2. The summed E-state index contributed by atoms with van der Waals surface area (Å²) >= 11 is 0. The summed E-state index contributed by atoms with van der Waals surface area (Å²) in [7, 11) is 1.35. The van der Waals surface area contributed by atoms with Gasteiger partial charge in [-0.1, -0.05) is 91.9 Å². The Labute approximate surface area is 259 Å². The van der Waals surface area contributed by atoms with Crippen LogP contribution in [0.4, 0.5) is 5.69 Å². The summed E-state index contributed by atoms with van der Waals surface area (Å²) in [6.45, 7) is 3.70. The number of amides is 1. The number of anilines is 1. The largest absolute Gasteiger partial charge is 0.494 e. The van der Waals surface area contributed by atoms with E-state index in [1.165, 1.54) is 7.11 Å². The summed E-state index contributed by atoms with van der Waals surface area (Å²) in [6, 6.07) is 33.1. The van der Waals surface area contributed by atoms with Crippen LogP contribution >= 0.6 is 0 Å². The molecule has 0 aromatic heterocycles. The molecule has 1 atom stereocenters. The molecule has 0 aliphatic carbocycles. The highest BCUT2D eigenvalue weighted by atomic mass is 16.5. The molecule has 4 rings (SSSR count). The molecular weight excluding hydrogens is 552 g/mol. The van der Waals surface area contributed by atoms with Gasteiger partial charge in [-0.25, -0.2) is 4.79 Å². The zero-order valence-corrected chi connectivity index (χ0v) is 25.4. The van der Waals surface area contributed by atoms with Gasteiger partial charge in [-0.3, -0.25) is 9.59 Å². The van der Waals surface area contributed by atoms with Gasteiger partial charge < -0.3 is 19.7 Å². The van der Waals surface area contributed by atoms with E-state index >= 15 is 0 Å². The number of rotatable bonds is 16. The first kappa shape index (κ1) is 32.0. The lowest BCUT2D eigenvalue weighted by atomic mass is 10.00. The Hall–Kier alpha value is -4.91. The molecular formula is C37H40N2O5. The van der Waals surface area contributed by atoms with E-state index < -0.39 is 12.0 Å². The predicted octanol–water partition coefficient (Wildman–Crippen LogP) is 6.71. The van der Waals surface area contributed by atoms with Crippen molar-refractivity contribution in [2.45, 2.75) is 45.2 Å². The van der Waals surface area contributed by atoms with Gasteiger partial charge in [-0.2, -0.15) is 0 Å². The number of ketones is 1. The fourth-order valence-corrected chi connectivity index (χ4v) is 4.95. The summed E-state index contributed by atoms with van der Waals surface area (Å²) in [5.41, 5.74) is 3.64. The Kier molecular flexibility index (Phi) is 12.1. The van der Waals surface area contributed by atoms with Crippen molar-refractivity contribution in [1.82, 2.24) is 4.90 Å². The maximum absolute atomic E-state index is 13.2. The van der Waals surface area contributed by atoms with Gasteiger partial charge >= 0.3 is 5.97 Å². The molecule has 0 aliphatic heterocycles. The lowest BCUT2D eigenvalue weighted by Gasteiger charge is -2.23. The number of benzene rings is 4. The number of carbonyl (C=O) groups excluding carboxylic acids is 3. The van der Waals surface area contributed by atoms with Crippen LogP contribution in [0, 0.1) is 0 Å². The minimum Gasteiger partial charge on any atom is -0.494 e. The molecule has 7 nitrogen and oxygen atoms in total. The van der Waals surface area contributed by atoms with Crippen LogP contribution in [0.1, 0.15) is 53.2 Å². The number of hydrogen-bond acceptors (Lipinski definition) is 6. The highest BCUT2D eigenvalue weighted by Crippen LogP contribution is 2.22. The minimum absolute atomic E-state index is 0.128. The highest BCUT2D eigenvalue weighted by Gasteiger charge is 2.22. The molecule has 0 bridgehead atoms. The zero-order chi connectivity index (χ0) is 31.1. The summed E-state index contributed by atoms with van der Waals surface area (Å²) in [5.74, 6) is 0.313. The molecule has 1 amide bonds. The zero-order valence-electron chi connectivity index (χ0n) is 25.4. The maximum Gasteiger partial charge on any atom is 0.328 e. The van der Waals surface area contributed by atoms with Gasteiger partial charge in [-0.15, -0.1) is 0 Å². The third-order valence-corrected chi connectivity index (χ3v) is 7.26. The summed E-state index contributed by atoms with van der Waals surface area (Å²) in [5, 5.41) is 3.24. The van der Waals surface area contributed by atoms with Crippen molar-refractivity contribution < 1.29 is 23.9 Å². The Morgan fingerprint density at radius 2 is 1.45 bits per heavy atom. The molecule has 0 aliphatic rings. The molecule has 228 valence electrons. The molecule has 7 heteroatoms. The number of carbonyl (C=O) groups is 3. The van der Waals surface area contributed by atoms with E-state index in [-0.39, 0.29) is 11.7 Å².